The first-order valence-electron chi connectivity index (χ1n) is 6.49. The van der Waals surface area contributed by atoms with Gasteiger partial charge in [0.1, 0.15) is 6.04 Å². The molecule has 0 heterocycles. The number of aliphatic imine (C=N–C) groups is 1. The number of nitrogens with one attached hydrogen (secondary N) is 2. The van der Waals surface area contributed by atoms with Gasteiger partial charge in [0.2, 0.25) is 11.8 Å². The molecule has 0 aliphatic rings. The highest BCUT2D eigenvalue weighted by molar-refractivity contribution is 5.89. The van der Waals surface area contributed by atoms with Crippen molar-refractivity contribution >= 4 is 23.7 Å². The van der Waals surface area contributed by atoms with Gasteiger partial charge in [0.25, 0.3) is 0 Å². The van der Waals surface area contributed by atoms with Crippen molar-refractivity contribution in [1.82, 2.24) is 10.6 Å². The lowest BCUT2D eigenvalue weighted by atomic mass is 10.1. The Morgan fingerprint density at radius 1 is 1.23 bits per heavy atom. The van der Waals surface area contributed by atoms with Crippen molar-refractivity contribution in [2.45, 2.75) is 24.9 Å². The molecule has 2 amide bonds. The van der Waals surface area contributed by atoms with Crippen LogP contribution in [0.5, 0.6) is 0 Å². The van der Waals surface area contributed by atoms with Gasteiger partial charge in [-0.2, -0.15) is 0 Å². The van der Waals surface area contributed by atoms with Gasteiger partial charge in [-0.1, -0.05) is 0 Å². The van der Waals surface area contributed by atoms with E-state index in [1.807, 2.05) is 5.32 Å². The molecule has 0 spiro atoms. The van der Waals surface area contributed by atoms with Crippen LogP contribution in [-0.4, -0.2) is 65.7 Å². The Balaban J connectivity index is 4.03. The van der Waals surface area contributed by atoms with E-state index in [1.165, 1.54) is 0 Å². The molecule has 0 aliphatic heterocycles. The molecule has 10 N–H and O–H groups in total. The summed E-state index contributed by atoms with van der Waals surface area (Å²) in [6.45, 7) is -0.857. The zero-order chi connectivity index (χ0) is 17.1. The number of hydrogen-bond donors (Lipinski definition) is 7. The van der Waals surface area contributed by atoms with Gasteiger partial charge >= 0.3 is 5.97 Å². The first-order valence-corrected chi connectivity index (χ1v) is 6.49. The van der Waals surface area contributed by atoms with Crippen LogP contribution in [0.15, 0.2) is 4.99 Å². The monoisotopic (exact) mass is 318 g/mol. The number of carboxylic acids is 1. The average molecular weight is 318 g/mol. The maximum atomic E-state index is 11.6. The summed E-state index contributed by atoms with van der Waals surface area (Å²) in [4.78, 5) is 37.3. The van der Waals surface area contributed by atoms with Crippen LogP contribution in [-0.2, 0) is 14.4 Å². The molecule has 0 saturated carbocycles. The molecule has 0 radical (unpaired) electrons. The Hall–Kier alpha value is -2.40. The molecular formula is C11H22N6O5. The Bertz CT molecular complexity index is 423. The van der Waals surface area contributed by atoms with Crippen LogP contribution in [0.3, 0.4) is 0 Å². The number of guanidine groups is 1. The minimum atomic E-state index is -1.42. The van der Waals surface area contributed by atoms with Gasteiger partial charge in [-0.15, -0.1) is 0 Å². The molecule has 0 saturated heterocycles. The lowest BCUT2D eigenvalue weighted by molar-refractivity contribution is -0.142. The fourth-order valence-corrected chi connectivity index (χ4v) is 1.38. The Morgan fingerprint density at radius 3 is 2.36 bits per heavy atom. The van der Waals surface area contributed by atoms with Gasteiger partial charge in [0, 0.05) is 6.54 Å². The van der Waals surface area contributed by atoms with E-state index in [2.05, 4.69) is 10.3 Å². The summed E-state index contributed by atoms with van der Waals surface area (Å²) >= 11 is 0. The second-order valence-corrected chi connectivity index (χ2v) is 4.41. The lowest BCUT2D eigenvalue weighted by Gasteiger charge is -2.14. The van der Waals surface area contributed by atoms with Crippen molar-refractivity contribution in [2.75, 3.05) is 19.7 Å². The summed E-state index contributed by atoms with van der Waals surface area (Å²) in [5.41, 5.74) is 15.9. The van der Waals surface area contributed by atoms with E-state index in [4.69, 9.17) is 27.4 Å². The molecule has 0 rings (SSSR count). The van der Waals surface area contributed by atoms with Gasteiger partial charge in [-0.25, -0.2) is 4.79 Å². The van der Waals surface area contributed by atoms with Crippen molar-refractivity contribution in [3.8, 4) is 0 Å². The molecule has 0 aromatic heterocycles. The van der Waals surface area contributed by atoms with Gasteiger partial charge in [-0.3, -0.25) is 14.6 Å². The Kier molecular flexibility index (Phi) is 9.22. The van der Waals surface area contributed by atoms with Crippen LogP contribution < -0.4 is 27.8 Å². The molecular weight excluding hydrogens is 296 g/mol. The van der Waals surface area contributed by atoms with Crippen LogP contribution in [0.4, 0.5) is 0 Å². The number of hydrogen-bond acceptors (Lipinski definition) is 6. The number of rotatable bonds is 10. The zero-order valence-electron chi connectivity index (χ0n) is 12.0. The molecule has 126 valence electrons. The highest BCUT2D eigenvalue weighted by Gasteiger charge is 2.19. The molecule has 0 aliphatic carbocycles. The van der Waals surface area contributed by atoms with Crippen LogP contribution in [0.25, 0.3) is 0 Å². The summed E-state index contributed by atoms with van der Waals surface area (Å²) in [5, 5.41) is 21.7. The van der Waals surface area contributed by atoms with E-state index >= 15 is 0 Å². The standard InChI is InChI=1S/C11H22N6O5/c12-6(2-1-3-15-11(13)14)9(20)16-4-8(19)17-7(5-18)10(21)22/h6-7,18H,1-5,12H2,(H,16,20)(H,17,19)(H,21,22)(H4,13,14,15). The number of nitrogens with zero attached hydrogens (tertiary/aromatic N) is 1. The van der Waals surface area contributed by atoms with E-state index in [9.17, 15) is 14.4 Å². The van der Waals surface area contributed by atoms with Crippen molar-refractivity contribution in [2.24, 2.45) is 22.2 Å². The maximum Gasteiger partial charge on any atom is 0.328 e. The SMILES string of the molecule is NC(N)=NCCCC(N)C(=O)NCC(=O)NC(CO)C(=O)O. The second kappa shape index (κ2) is 10.3. The van der Waals surface area contributed by atoms with Crippen molar-refractivity contribution in [3.63, 3.8) is 0 Å². The van der Waals surface area contributed by atoms with E-state index in [0.29, 0.717) is 19.4 Å². The number of carbonyl (C=O) groups is 3. The van der Waals surface area contributed by atoms with Gasteiger partial charge in [0.05, 0.1) is 19.2 Å². The fraction of sp³-hybridized carbons (Fsp3) is 0.636. The number of nitrogens with two attached hydrogens (primary N) is 3. The molecule has 0 bridgehead atoms. The number of aliphatic carboxylic acids is 1. The number of carbonyl (C=O) groups excluding carboxylic acids is 2. The molecule has 2 atom stereocenters. The molecule has 22 heavy (non-hydrogen) atoms. The van der Waals surface area contributed by atoms with Gasteiger partial charge in [-0.05, 0) is 12.8 Å². The third-order valence-electron chi connectivity index (χ3n) is 2.54. The van der Waals surface area contributed by atoms with E-state index in [0.717, 1.165) is 0 Å². The molecule has 0 aromatic carbocycles. The van der Waals surface area contributed by atoms with Crippen molar-refractivity contribution in [1.29, 1.82) is 0 Å². The third-order valence-corrected chi connectivity index (χ3v) is 2.54. The van der Waals surface area contributed by atoms with Crippen LogP contribution in [0.2, 0.25) is 0 Å². The molecule has 11 nitrogen and oxygen atoms in total. The smallest absolute Gasteiger partial charge is 0.328 e. The first-order chi connectivity index (χ1) is 10.3. The predicted molar refractivity (Wildman–Crippen MR) is 77.5 cm³/mol. The Labute approximate surface area is 126 Å². The van der Waals surface area contributed by atoms with E-state index in [-0.39, 0.29) is 5.96 Å². The van der Waals surface area contributed by atoms with E-state index in [1.54, 1.807) is 0 Å². The largest absolute Gasteiger partial charge is 0.480 e. The number of amides is 2. The quantitative estimate of drug-likeness (QED) is 0.120. The van der Waals surface area contributed by atoms with Crippen LogP contribution in [0, 0.1) is 0 Å². The minimum absolute atomic E-state index is 0.0495. The fourth-order valence-electron chi connectivity index (χ4n) is 1.38. The third kappa shape index (κ3) is 8.71. The number of aliphatic hydroxyl groups is 1. The van der Waals surface area contributed by atoms with Crippen molar-refractivity contribution < 1.29 is 24.6 Å². The minimum Gasteiger partial charge on any atom is -0.480 e. The normalized spacial score (nSPS) is 12.8. The summed E-state index contributed by atoms with van der Waals surface area (Å²) in [7, 11) is 0. The highest BCUT2D eigenvalue weighted by atomic mass is 16.4. The Morgan fingerprint density at radius 2 is 1.86 bits per heavy atom. The first kappa shape index (κ1) is 19.6. The average Bonchev–Trinajstić information content (AvgIpc) is 2.45. The predicted octanol–water partition coefficient (Wildman–Crippen LogP) is -3.95. The zero-order valence-corrected chi connectivity index (χ0v) is 12.0. The maximum absolute atomic E-state index is 11.6. The number of aliphatic hydroxyl groups excluding tert-OH is 1. The van der Waals surface area contributed by atoms with Crippen LogP contribution in [0.1, 0.15) is 12.8 Å². The lowest BCUT2D eigenvalue weighted by Crippen LogP contribution is -2.49. The summed E-state index contributed by atoms with van der Waals surface area (Å²) in [6, 6.07) is -2.26. The molecule has 0 aromatic rings. The summed E-state index contributed by atoms with van der Waals surface area (Å²) < 4.78 is 0. The van der Waals surface area contributed by atoms with E-state index < -0.39 is 43.0 Å². The summed E-state index contributed by atoms with van der Waals surface area (Å²) in [6.07, 6.45) is 0.808. The second-order valence-electron chi connectivity index (χ2n) is 4.41. The number of carboxylic acid groups (broad SMARTS) is 1. The van der Waals surface area contributed by atoms with Gasteiger partial charge < -0.3 is 38.0 Å². The highest BCUT2D eigenvalue weighted by Crippen LogP contribution is 1.95. The topological polar surface area (TPSA) is 206 Å². The van der Waals surface area contributed by atoms with Gasteiger partial charge in [0.15, 0.2) is 5.96 Å². The van der Waals surface area contributed by atoms with Crippen molar-refractivity contribution in [3.05, 3.63) is 0 Å². The molecule has 2 unspecified atom stereocenters. The summed E-state index contributed by atoms with van der Waals surface area (Å²) in [5.74, 6) is -2.73. The molecule has 0 fully saturated rings. The van der Waals surface area contributed by atoms with Crippen LogP contribution >= 0.6 is 0 Å². The molecule has 11 heteroatoms.